The largest absolute Gasteiger partial charge is 0.325 e. The van der Waals surface area contributed by atoms with E-state index in [1.54, 1.807) is 0 Å². The van der Waals surface area contributed by atoms with Crippen molar-refractivity contribution in [3.63, 3.8) is 0 Å². The highest BCUT2D eigenvalue weighted by Gasteiger charge is 2.18. The number of H-pyrrole nitrogens is 1. The Morgan fingerprint density at radius 1 is 1.41 bits per heavy atom. The Bertz CT molecular complexity index is 617. The Morgan fingerprint density at radius 2 is 2.29 bits per heavy atom. The third kappa shape index (κ3) is 1.82. The molecule has 17 heavy (non-hydrogen) atoms. The van der Waals surface area contributed by atoms with Crippen molar-refractivity contribution in [1.82, 2.24) is 15.3 Å². The maximum atomic E-state index is 13.0. The van der Waals surface area contributed by atoms with E-state index in [9.17, 15) is 9.18 Å². The second-order valence-corrected chi connectivity index (χ2v) is 4.33. The number of nitrogens with zero attached hydrogens (tertiary/aromatic N) is 1. The van der Waals surface area contributed by atoms with E-state index in [1.165, 1.54) is 6.07 Å². The molecular formula is C12H12FN3O. The summed E-state index contributed by atoms with van der Waals surface area (Å²) in [6.45, 7) is 1.82. The van der Waals surface area contributed by atoms with Crippen molar-refractivity contribution < 1.29 is 4.39 Å². The first kappa shape index (κ1) is 10.4. The second kappa shape index (κ2) is 3.92. The number of nitrogens with one attached hydrogen (secondary N) is 2. The minimum Gasteiger partial charge on any atom is -0.325 e. The molecule has 4 nitrogen and oxygen atoms in total. The quantitative estimate of drug-likeness (QED) is 0.776. The maximum Gasteiger partial charge on any atom is 0.257 e. The van der Waals surface area contributed by atoms with Gasteiger partial charge in [-0.3, -0.25) is 9.78 Å². The summed E-state index contributed by atoms with van der Waals surface area (Å²) < 4.78 is 13.0. The van der Waals surface area contributed by atoms with Crippen molar-refractivity contribution in [1.29, 1.82) is 0 Å². The van der Waals surface area contributed by atoms with Gasteiger partial charge < -0.3 is 10.3 Å². The second-order valence-electron chi connectivity index (χ2n) is 4.33. The van der Waals surface area contributed by atoms with Crippen molar-refractivity contribution in [2.45, 2.75) is 12.3 Å². The molecule has 2 N–H and O–H groups in total. The van der Waals surface area contributed by atoms with Crippen molar-refractivity contribution in [3.8, 4) is 0 Å². The van der Waals surface area contributed by atoms with Gasteiger partial charge in [-0.2, -0.15) is 0 Å². The van der Waals surface area contributed by atoms with E-state index in [0.29, 0.717) is 16.8 Å². The number of hydrogen-bond donors (Lipinski definition) is 2. The first-order valence-corrected chi connectivity index (χ1v) is 5.63. The number of rotatable bonds is 1. The van der Waals surface area contributed by atoms with Crippen LogP contribution in [0.3, 0.4) is 0 Å². The van der Waals surface area contributed by atoms with Crippen LogP contribution in [-0.4, -0.2) is 23.1 Å². The number of pyridine rings is 2. The molecule has 0 saturated carbocycles. The number of fused-ring (bicyclic) bond motifs is 1. The molecule has 0 radical (unpaired) electrons. The van der Waals surface area contributed by atoms with Gasteiger partial charge in [-0.15, -0.1) is 0 Å². The normalized spacial score (nSPS) is 19.9. The molecule has 0 amide bonds. The van der Waals surface area contributed by atoms with Gasteiger partial charge in [-0.25, -0.2) is 4.39 Å². The van der Waals surface area contributed by atoms with E-state index in [1.807, 2.05) is 6.07 Å². The predicted octanol–water partition coefficient (Wildman–Crippen LogP) is 1.14. The first-order chi connectivity index (χ1) is 8.24. The summed E-state index contributed by atoms with van der Waals surface area (Å²) in [6, 6.07) is 3.06. The highest BCUT2D eigenvalue weighted by molar-refractivity contribution is 5.77. The molecule has 1 aliphatic heterocycles. The van der Waals surface area contributed by atoms with Crippen LogP contribution in [0.15, 0.2) is 23.1 Å². The maximum absolute atomic E-state index is 13.0. The fourth-order valence-corrected chi connectivity index (χ4v) is 2.27. The number of aromatic nitrogens is 2. The van der Waals surface area contributed by atoms with E-state index >= 15 is 0 Å². The highest BCUT2D eigenvalue weighted by Crippen LogP contribution is 2.21. The topological polar surface area (TPSA) is 57.8 Å². The van der Waals surface area contributed by atoms with Gasteiger partial charge in [-0.05, 0) is 25.1 Å². The van der Waals surface area contributed by atoms with Gasteiger partial charge in [0.1, 0.15) is 5.82 Å². The van der Waals surface area contributed by atoms with Gasteiger partial charge in [-0.1, -0.05) is 0 Å². The lowest BCUT2D eigenvalue weighted by molar-refractivity contribution is 0.624. The van der Waals surface area contributed by atoms with Gasteiger partial charge in [0.25, 0.3) is 5.56 Å². The molecule has 0 aromatic carbocycles. The van der Waals surface area contributed by atoms with Gasteiger partial charge in [0.15, 0.2) is 0 Å². The fraction of sp³-hybridized carbons (Fsp3) is 0.333. The van der Waals surface area contributed by atoms with Crippen molar-refractivity contribution in [3.05, 3.63) is 40.2 Å². The zero-order valence-electron chi connectivity index (χ0n) is 9.16. The van der Waals surface area contributed by atoms with Gasteiger partial charge >= 0.3 is 0 Å². The molecule has 5 heteroatoms. The van der Waals surface area contributed by atoms with Crippen LogP contribution >= 0.6 is 0 Å². The summed E-state index contributed by atoms with van der Waals surface area (Å²) in [5, 5.41) is 3.55. The molecule has 1 aliphatic rings. The third-order valence-electron chi connectivity index (χ3n) is 3.18. The SMILES string of the molecule is O=c1[nH]c(C2CCNC2)cc2ncc(F)cc12. The molecule has 2 aromatic rings. The van der Waals surface area contributed by atoms with Crippen LogP contribution in [0.5, 0.6) is 0 Å². The lowest BCUT2D eigenvalue weighted by Gasteiger charge is -2.09. The Labute approximate surface area is 96.9 Å². The Kier molecular flexibility index (Phi) is 2.40. The molecule has 0 spiro atoms. The average Bonchev–Trinajstić information content (AvgIpc) is 2.83. The lowest BCUT2D eigenvalue weighted by atomic mass is 10.0. The van der Waals surface area contributed by atoms with Gasteiger partial charge in [0.05, 0.1) is 17.1 Å². The predicted molar refractivity (Wildman–Crippen MR) is 62.5 cm³/mol. The third-order valence-corrected chi connectivity index (χ3v) is 3.18. The molecule has 3 heterocycles. The van der Waals surface area contributed by atoms with Crippen LogP contribution in [-0.2, 0) is 0 Å². The molecule has 2 aromatic heterocycles. The summed E-state index contributed by atoms with van der Waals surface area (Å²) in [4.78, 5) is 18.6. The summed E-state index contributed by atoms with van der Waals surface area (Å²) in [6.07, 6.45) is 2.14. The standard InChI is InChI=1S/C12H12FN3O/c13-8-3-9-11(15-6-8)4-10(16-12(9)17)7-1-2-14-5-7/h3-4,6-7,14H,1-2,5H2,(H,16,17). The molecule has 1 saturated heterocycles. The zero-order chi connectivity index (χ0) is 11.8. The van der Waals surface area contributed by atoms with E-state index in [-0.39, 0.29) is 5.56 Å². The Hall–Kier alpha value is -1.75. The van der Waals surface area contributed by atoms with Crippen LogP contribution in [0, 0.1) is 5.82 Å². The van der Waals surface area contributed by atoms with E-state index in [0.717, 1.165) is 31.4 Å². The Morgan fingerprint density at radius 3 is 3.06 bits per heavy atom. The molecule has 0 aliphatic carbocycles. The van der Waals surface area contributed by atoms with Gasteiger partial charge in [0, 0.05) is 18.2 Å². The molecule has 1 fully saturated rings. The number of hydrogen-bond acceptors (Lipinski definition) is 3. The summed E-state index contributed by atoms with van der Waals surface area (Å²) in [7, 11) is 0. The fourth-order valence-electron chi connectivity index (χ4n) is 2.27. The minimum absolute atomic E-state index is 0.267. The highest BCUT2D eigenvalue weighted by atomic mass is 19.1. The van der Waals surface area contributed by atoms with E-state index in [2.05, 4.69) is 15.3 Å². The van der Waals surface area contributed by atoms with Crippen LogP contribution < -0.4 is 10.9 Å². The molecule has 88 valence electrons. The summed E-state index contributed by atoms with van der Waals surface area (Å²) in [5.74, 6) is -0.169. The molecule has 1 atom stereocenters. The molecule has 3 rings (SSSR count). The molecule has 1 unspecified atom stereocenters. The minimum atomic E-state index is -0.488. The van der Waals surface area contributed by atoms with Crippen molar-refractivity contribution in [2.24, 2.45) is 0 Å². The average molecular weight is 233 g/mol. The van der Waals surface area contributed by atoms with E-state index < -0.39 is 5.82 Å². The van der Waals surface area contributed by atoms with Crippen LogP contribution in [0.1, 0.15) is 18.0 Å². The van der Waals surface area contributed by atoms with Crippen LogP contribution in [0.25, 0.3) is 10.9 Å². The van der Waals surface area contributed by atoms with Crippen LogP contribution in [0.2, 0.25) is 0 Å². The van der Waals surface area contributed by atoms with Crippen molar-refractivity contribution in [2.75, 3.05) is 13.1 Å². The van der Waals surface area contributed by atoms with Gasteiger partial charge in [0.2, 0.25) is 0 Å². The monoisotopic (exact) mass is 233 g/mol. The molecule has 0 bridgehead atoms. The summed E-state index contributed by atoms with van der Waals surface area (Å²) in [5.41, 5.74) is 1.17. The smallest absolute Gasteiger partial charge is 0.257 e. The van der Waals surface area contributed by atoms with Crippen molar-refractivity contribution >= 4 is 10.9 Å². The number of aromatic amines is 1. The Balaban J connectivity index is 2.17. The van der Waals surface area contributed by atoms with Crippen LogP contribution in [0.4, 0.5) is 4.39 Å². The number of halogens is 1. The first-order valence-electron chi connectivity index (χ1n) is 5.63. The lowest BCUT2D eigenvalue weighted by Crippen LogP contribution is -2.15. The van der Waals surface area contributed by atoms with E-state index in [4.69, 9.17) is 0 Å². The summed E-state index contributed by atoms with van der Waals surface area (Å²) >= 11 is 0. The molecular weight excluding hydrogens is 221 g/mol. The zero-order valence-corrected chi connectivity index (χ0v) is 9.16.